The van der Waals surface area contributed by atoms with Gasteiger partial charge < -0.3 is 9.84 Å². The number of aromatic hydroxyl groups is 1. The van der Waals surface area contributed by atoms with Gasteiger partial charge in [-0.2, -0.15) is 0 Å². The smallest absolute Gasteiger partial charge is 0.164 e. The summed E-state index contributed by atoms with van der Waals surface area (Å²) in [6, 6.07) is 5.61. The van der Waals surface area contributed by atoms with Crippen molar-refractivity contribution in [3.05, 3.63) is 23.8 Å². The molecule has 2 nitrogen and oxygen atoms in total. The standard InChI is InChI=1S/C14H20O2/c1-2-11-7-6-10-13(15)14(11)16-12-8-4-3-5-9-12/h6-7,10,12,15H,2-5,8-9H2,1H3. The van der Waals surface area contributed by atoms with Gasteiger partial charge in [-0.3, -0.25) is 0 Å². The van der Waals surface area contributed by atoms with E-state index in [1.807, 2.05) is 12.1 Å². The van der Waals surface area contributed by atoms with Gasteiger partial charge in [0.1, 0.15) is 0 Å². The molecule has 1 aliphatic carbocycles. The number of aryl methyl sites for hydroxylation is 1. The topological polar surface area (TPSA) is 29.5 Å². The molecule has 2 rings (SSSR count). The van der Waals surface area contributed by atoms with Gasteiger partial charge >= 0.3 is 0 Å². The molecule has 1 aliphatic rings. The summed E-state index contributed by atoms with van der Waals surface area (Å²) in [5.74, 6) is 0.988. The number of phenolic OH excluding ortho intramolecular Hbond substituents is 1. The van der Waals surface area contributed by atoms with Crippen molar-refractivity contribution in [1.82, 2.24) is 0 Å². The molecular weight excluding hydrogens is 200 g/mol. The van der Waals surface area contributed by atoms with Crippen LogP contribution in [0.4, 0.5) is 0 Å². The van der Waals surface area contributed by atoms with E-state index >= 15 is 0 Å². The summed E-state index contributed by atoms with van der Waals surface area (Å²) in [6.45, 7) is 2.09. The molecule has 0 amide bonds. The van der Waals surface area contributed by atoms with Gasteiger partial charge in [0.25, 0.3) is 0 Å². The number of phenols is 1. The van der Waals surface area contributed by atoms with E-state index < -0.39 is 0 Å². The summed E-state index contributed by atoms with van der Waals surface area (Å²) in [5.41, 5.74) is 1.10. The number of hydrogen-bond acceptors (Lipinski definition) is 2. The van der Waals surface area contributed by atoms with Gasteiger partial charge in [0, 0.05) is 0 Å². The highest BCUT2D eigenvalue weighted by Crippen LogP contribution is 2.33. The van der Waals surface area contributed by atoms with Crippen LogP contribution in [0.25, 0.3) is 0 Å². The summed E-state index contributed by atoms with van der Waals surface area (Å²) in [4.78, 5) is 0. The van der Waals surface area contributed by atoms with E-state index in [4.69, 9.17) is 4.74 Å². The molecule has 1 N–H and O–H groups in total. The Kier molecular flexibility index (Phi) is 3.70. The second-order valence-corrected chi connectivity index (χ2v) is 4.50. The van der Waals surface area contributed by atoms with Crippen LogP contribution in [-0.4, -0.2) is 11.2 Å². The number of benzene rings is 1. The first kappa shape index (κ1) is 11.3. The van der Waals surface area contributed by atoms with Crippen LogP contribution in [0.5, 0.6) is 11.5 Å². The van der Waals surface area contributed by atoms with E-state index in [2.05, 4.69) is 6.92 Å². The molecule has 0 radical (unpaired) electrons. The minimum Gasteiger partial charge on any atom is -0.504 e. The molecule has 1 saturated carbocycles. The van der Waals surface area contributed by atoms with Gasteiger partial charge in [-0.05, 0) is 43.7 Å². The summed E-state index contributed by atoms with van der Waals surface area (Å²) in [7, 11) is 0. The van der Waals surface area contributed by atoms with Gasteiger partial charge in [-0.15, -0.1) is 0 Å². The Hall–Kier alpha value is -1.18. The SMILES string of the molecule is CCc1cccc(O)c1OC1CCCCC1. The molecule has 16 heavy (non-hydrogen) atoms. The minimum atomic E-state index is 0.282. The Labute approximate surface area is 97.3 Å². The fraction of sp³-hybridized carbons (Fsp3) is 0.571. The Bertz CT molecular complexity index is 341. The normalized spacial score (nSPS) is 17.3. The summed E-state index contributed by atoms with van der Waals surface area (Å²) < 4.78 is 5.96. The van der Waals surface area contributed by atoms with E-state index in [0.29, 0.717) is 11.9 Å². The van der Waals surface area contributed by atoms with E-state index in [-0.39, 0.29) is 5.75 Å². The Morgan fingerprint density at radius 1 is 1.25 bits per heavy atom. The Balaban J connectivity index is 2.12. The molecule has 1 aromatic carbocycles. The quantitative estimate of drug-likeness (QED) is 0.842. The van der Waals surface area contributed by atoms with Crippen LogP contribution in [0.2, 0.25) is 0 Å². The van der Waals surface area contributed by atoms with Crippen LogP contribution < -0.4 is 4.74 Å². The van der Waals surface area contributed by atoms with Crippen LogP contribution in [0.3, 0.4) is 0 Å². The highest BCUT2D eigenvalue weighted by molar-refractivity contribution is 5.45. The van der Waals surface area contributed by atoms with E-state index in [1.54, 1.807) is 6.07 Å². The van der Waals surface area contributed by atoms with E-state index in [9.17, 15) is 5.11 Å². The zero-order valence-corrected chi connectivity index (χ0v) is 9.91. The molecular formula is C14H20O2. The number of hydrogen-bond donors (Lipinski definition) is 1. The number of para-hydroxylation sites is 1. The summed E-state index contributed by atoms with van der Waals surface area (Å²) in [6.07, 6.45) is 7.26. The average molecular weight is 220 g/mol. The maximum atomic E-state index is 9.83. The zero-order valence-electron chi connectivity index (χ0n) is 9.91. The second-order valence-electron chi connectivity index (χ2n) is 4.50. The fourth-order valence-corrected chi connectivity index (χ4v) is 2.34. The van der Waals surface area contributed by atoms with Crippen molar-refractivity contribution in [3.63, 3.8) is 0 Å². The first-order valence-corrected chi connectivity index (χ1v) is 6.28. The molecule has 0 atom stereocenters. The predicted octanol–water partition coefficient (Wildman–Crippen LogP) is 3.67. The molecule has 2 heteroatoms. The lowest BCUT2D eigenvalue weighted by Crippen LogP contribution is -2.20. The van der Waals surface area contributed by atoms with Gasteiger partial charge in [-0.25, -0.2) is 0 Å². The molecule has 0 saturated heterocycles. The van der Waals surface area contributed by atoms with Crippen LogP contribution in [0.1, 0.15) is 44.6 Å². The van der Waals surface area contributed by atoms with Crippen LogP contribution in [0.15, 0.2) is 18.2 Å². The molecule has 0 spiro atoms. The maximum absolute atomic E-state index is 9.83. The number of ether oxygens (including phenoxy) is 1. The summed E-state index contributed by atoms with van der Waals surface area (Å²) >= 11 is 0. The van der Waals surface area contributed by atoms with Gasteiger partial charge in [0.15, 0.2) is 11.5 Å². The van der Waals surface area contributed by atoms with Crippen molar-refractivity contribution in [2.24, 2.45) is 0 Å². The van der Waals surface area contributed by atoms with E-state index in [1.165, 1.54) is 19.3 Å². The van der Waals surface area contributed by atoms with Crippen LogP contribution in [0, 0.1) is 0 Å². The third-order valence-electron chi connectivity index (χ3n) is 3.29. The highest BCUT2D eigenvalue weighted by atomic mass is 16.5. The van der Waals surface area contributed by atoms with Crippen molar-refractivity contribution in [2.45, 2.75) is 51.6 Å². The van der Waals surface area contributed by atoms with Crippen molar-refractivity contribution in [3.8, 4) is 11.5 Å². The average Bonchev–Trinajstić information content (AvgIpc) is 2.33. The molecule has 0 unspecified atom stereocenters. The van der Waals surface area contributed by atoms with Crippen molar-refractivity contribution < 1.29 is 9.84 Å². The van der Waals surface area contributed by atoms with Crippen LogP contribution in [-0.2, 0) is 6.42 Å². The molecule has 0 aliphatic heterocycles. The first-order valence-electron chi connectivity index (χ1n) is 6.28. The zero-order chi connectivity index (χ0) is 11.4. The molecule has 1 fully saturated rings. The third-order valence-corrected chi connectivity index (χ3v) is 3.29. The lowest BCUT2D eigenvalue weighted by Gasteiger charge is -2.24. The Morgan fingerprint density at radius 2 is 2.00 bits per heavy atom. The number of rotatable bonds is 3. The van der Waals surface area contributed by atoms with E-state index in [0.717, 1.165) is 24.8 Å². The minimum absolute atomic E-state index is 0.282. The maximum Gasteiger partial charge on any atom is 0.164 e. The lowest BCUT2D eigenvalue weighted by atomic mass is 9.97. The van der Waals surface area contributed by atoms with Gasteiger partial charge in [0.2, 0.25) is 0 Å². The fourth-order valence-electron chi connectivity index (χ4n) is 2.34. The van der Waals surface area contributed by atoms with Gasteiger partial charge in [-0.1, -0.05) is 25.5 Å². The highest BCUT2D eigenvalue weighted by Gasteiger charge is 2.17. The monoisotopic (exact) mass is 220 g/mol. The van der Waals surface area contributed by atoms with Crippen molar-refractivity contribution >= 4 is 0 Å². The molecule has 0 bridgehead atoms. The second kappa shape index (κ2) is 5.24. The van der Waals surface area contributed by atoms with Crippen molar-refractivity contribution in [2.75, 3.05) is 0 Å². The predicted molar refractivity (Wildman–Crippen MR) is 65.0 cm³/mol. The first-order chi connectivity index (χ1) is 7.81. The lowest BCUT2D eigenvalue weighted by molar-refractivity contribution is 0.148. The largest absolute Gasteiger partial charge is 0.504 e. The van der Waals surface area contributed by atoms with Crippen molar-refractivity contribution in [1.29, 1.82) is 0 Å². The Morgan fingerprint density at radius 3 is 2.69 bits per heavy atom. The molecule has 1 aromatic rings. The molecule has 88 valence electrons. The molecule has 0 aromatic heterocycles. The summed E-state index contributed by atoms with van der Waals surface area (Å²) in [5, 5.41) is 9.83. The van der Waals surface area contributed by atoms with Gasteiger partial charge in [0.05, 0.1) is 6.10 Å². The third kappa shape index (κ3) is 2.49. The van der Waals surface area contributed by atoms with Crippen LogP contribution >= 0.6 is 0 Å². The molecule has 0 heterocycles.